The van der Waals surface area contributed by atoms with Crippen LogP contribution in [0.25, 0.3) is 0 Å². The number of carboxylic acids is 1. The van der Waals surface area contributed by atoms with Gasteiger partial charge in [-0.1, -0.05) is 20.8 Å². The molecule has 0 amide bonds. The molecule has 0 spiro atoms. The Labute approximate surface area is 99.7 Å². The number of nitrogens with zero attached hydrogens (tertiary/aromatic N) is 1. The van der Waals surface area contributed by atoms with Crippen LogP contribution in [-0.2, 0) is 13.0 Å². The van der Waals surface area contributed by atoms with Crippen molar-refractivity contribution in [1.82, 2.24) is 10.3 Å². The summed E-state index contributed by atoms with van der Waals surface area (Å²) in [6.07, 6.45) is 0.726. The maximum absolute atomic E-state index is 11.0. The lowest BCUT2D eigenvalue weighted by atomic mass is 10.1. The molecule has 0 aliphatic heterocycles. The largest absolute Gasteiger partial charge is 0.477 e. The zero-order chi connectivity index (χ0) is 12.1. The molecule has 4 nitrogen and oxygen atoms in total. The monoisotopic (exact) mass is 242 g/mol. The van der Waals surface area contributed by atoms with Crippen LogP contribution in [0.5, 0.6) is 0 Å². The van der Waals surface area contributed by atoms with Crippen LogP contribution in [0.3, 0.4) is 0 Å². The average molecular weight is 242 g/mol. The third kappa shape index (κ3) is 3.57. The number of aromatic carboxylic acids is 1. The molecule has 0 radical (unpaired) electrons. The number of nitrogens with one attached hydrogen (secondary N) is 1. The Balaban J connectivity index is 2.86. The van der Waals surface area contributed by atoms with Crippen LogP contribution in [0, 0.1) is 5.92 Å². The number of rotatable bonds is 6. The Hall–Kier alpha value is -0.940. The van der Waals surface area contributed by atoms with Crippen molar-refractivity contribution in [3.8, 4) is 0 Å². The van der Waals surface area contributed by atoms with E-state index in [1.165, 1.54) is 11.3 Å². The minimum atomic E-state index is -0.865. The van der Waals surface area contributed by atoms with Gasteiger partial charge in [0.15, 0.2) is 0 Å². The van der Waals surface area contributed by atoms with E-state index in [2.05, 4.69) is 24.1 Å². The molecule has 0 atom stereocenters. The SMILES string of the molecule is CCNCc1nc(CC(C)C)c(C(=O)O)s1. The van der Waals surface area contributed by atoms with E-state index in [0.29, 0.717) is 17.3 Å². The van der Waals surface area contributed by atoms with Crippen LogP contribution in [0.4, 0.5) is 0 Å². The molecule has 1 aromatic heterocycles. The molecule has 0 bridgehead atoms. The minimum Gasteiger partial charge on any atom is -0.477 e. The summed E-state index contributed by atoms with van der Waals surface area (Å²) in [6.45, 7) is 7.66. The topological polar surface area (TPSA) is 62.2 Å². The normalized spacial score (nSPS) is 11.0. The first-order valence-corrected chi connectivity index (χ1v) is 6.28. The van der Waals surface area contributed by atoms with Gasteiger partial charge in [0.1, 0.15) is 9.88 Å². The molecule has 0 fully saturated rings. The molecule has 2 N–H and O–H groups in total. The third-order valence-electron chi connectivity index (χ3n) is 2.06. The van der Waals surface area contributed by atoms with Crippen LogP contribution < -0.4 is 5.32 Å². The van der Waals surface area contributed by atoms with Gasteiger partial charge in [0.2, 0.25) is 0 Å². The van der Waals surface area contributed by atoms with Crippen LogP contribution in [-0.4, -0.2) is 22.6 Å². The molecule has 0 aromatic carbocycles. The molecule has 90 valence electrons. The third-order valence-corrected chi connectivity index (χ3v) is 3.15. The lowest BCUT2D eigenvalue weighted by Crippen LogP contribution is -2.11. The number of carbonyl (C=O) groups is 1. The van der Waals surface area contributed by atoms with Crippen LogP contribution in [0.2, 0.25) is 0 Å². The molecule has 5 heteroatoms. The lowest BCUT2D eigenvalue weighted by Gasteiger charge is -2.01. The first kappa shape index (κ1) is 13.1. The summed E-state index contributed by atoms with van der Waals surface area (Å²) in [6, 6.07) is 0. The Morgan fingerprint density at radius 2 is 2.25 bits per heavy atom. The van der Waals surface area contributed by atoms with Crippen LogP contribution in [0.15, 0.2) is 0 Å². The van der Waals surface area contributed by atoms with Crippen molar-refractivity contribution in [2.75, 3.05) is 6.54 Å². The average Bonchev–Trinajstić information content (AvgIpc) is 2.57. The Morgan fingerprint density at radius 1 is 1.56 bits per heavy atom. The summed E-state index contributed by atoms with van der Waals surface area (Å²) in [5, 5.41) is 13.1. The number of hydrogen-bond acceptors (Lipinski definition) is 4. The smallest absolute Gasteiger partial charge is 0.347 e. The highest BCUT2D eigenvalue weighted by molar-refractivity contribution is 7.13. The molecular formula is C11H18N2O2S. The molecule has 0 aliphatic carbocycles. The fraction of sp³-hybridized carbons (Fsp3) is 0.636. The fourth-order valence-corrected chi connectivity index (χ4v) is 2.30. The van der Waals surface area contributed by atoms with Gasteiger partial charge < -0.3 is 10.4 Å². The van der Waals surface area contributed by atoms with E-state index in [9.17, 15) is 4.79 Å². The summed E-state index contributed by atoms with van der Waals surface area (Å²) in [5.74, 6) is -0.442. The van der Waals surface area contributed by atoms with Gasteiger partial charge in [-0.15, -0.1) is 11.3 Å². The molecule has 0 saturated heterocycles. The van der Waals surface area contributed by atoms with Crippen LogP contribution >= 0.6 is 11.3 Å². The van der Waals surface area contributed by atoms with E-state index < -0.39 is 5.97 Å². The number of aromatic nitrogens is 1. The van der Waals surface area contributed by atoms with Crippen molar-refractivity contribution in [3.05, 3.63) is 15.6 Å². The quantitative estimate of drug-likeness (QED) is 0.802. The molecule has 1 rings (SSSR count). The minimum absolute atomic E-state index is 0.390. The summed E-state index contributed by atoms with van der Waals surface area (Å²) >= 11 is 1.28. The molecule has 1 heterocycles. The molecule has 16 heavy (non-hydrogen) atoms. The van der Waals surface area contributed by atoms with Crippen molar-refractivity contribution in [2.45, 2.75) is 33.7 Å². The standard InChI is InChI=1S/C11H18N2O2S/c1-4-12-6-9-13-8(5-7(2)3)10(16-9)11(14)15/h7,12H,4-6H2,1-3H3,(H,14,15). The highest BCUT2D eigenvalue weighted by atomic mass is 32.1. The molecule has 0 saturated carbocycles. The molecule has 0 unspecified atom stereocenters. The van der Waals surface area contributed by atoms with Gasteiger partial charge in [0, 0.05) is 6.54 Å². The lowest BCUT2D eigenvalue weighted by molar-refractivity contribution is 0.0700. The Bertz CT molecular complexity index is 361. The van der Waals surface area contributed by atoms with Crippen molar-refractivity contribution in [1.29, 1.82) is 0 Å². The van der Waals surface area contributed by atoms with Crippen LogP contribution in [0.1, 0.15) is 41.1 Å². The predicted octanol–water partition coefficient (Wildman–Crippen LogP) is 2.15. The van der Waals surface area contributed by atoms with E-state index in [1.807, 2.05) is 6.92 Å². The second-order valence-electron chi connectivity index (χ2n) is 4.07. The summed E-state index contributed by atoms with van der Waals surface area (Å²) < 4.78 is 0. The van der Waals surface area contributed by atoms with Gasteiger partial charge in [0.25, 0.3) is 0 Å². The second kappa shape index (κ2) is 5.96. The summed E-state index contributed by atoms with van der Waals surface area (Å²) in [4.78, 5) is 15.8. The molecule has 0 aliphatic rings. The Kier molecular flexibility index (Phi) is 4.89. The highest BCUT2D eigenvalue weighted by Crippen LogP contribution is 2.21. The van der Waals surface area contributed by atoms with Gasteiger partial charge in [-0.05, 0) is 18.9 Å². The maximum atomic E-state index is 11.0. The maximum Gasteiger partial charge on any atom is 0.347 e. The molecule has 1 aromatic rings. The first-order chi connectivity index (χ1) is 7.54. The zero-order valence-electron chi connectivity index (χ0n) is 9.91. The zero-order valence-corrected chi connectivity index (χ0v) is 10.7. The van der Waals surface area contributed by atoms with E-state index in [1.54, 1.807) is 0 Å². The van der Waals surface area contributed by atoms with E-state index in [-0.39, 0.29) is 0 Å². The van der Waals surface area contributed by atoms with Crippen molar-refractivity contribution < 1.29 is 9.90 Å². The van der Waals surface area contributed by atoms with Crippen molar-refractivity contribution in [2.24, 2.45) is 5.92 Å². The van der Waals surface area contributed by atoms with Crippen molar-refractivity contribution in [3.63, 3.8) is 0 Å². The summed E-state index contributed by atoms with van der Waals surface area (Å²) in [5.41, 5.74) is 0.723. The van der Waals surface area contributed by atoms with Gasteiger partial charge in [-0.25, -0.2) is 9.78 Å². The van der Waals surface area contributed by atoms with Gasteiger partial charge >= 0.3 is 5.97 Å². The van der Waals surface area contributed by atoms with E-state index in [4.69, 9.17) is 5.11 Å². The molecular weight excluding hydrogens is 224 g/mol. The van der Waals surface area contributed by atoms with Gasteiger partial charge in [-0.3, -0.25) is 0 Å². The van der Waals surface area contributed by atoms with Crippen molar-refractivity contribution >= 4 is 17.3 Å². The Morgan fingerprint density at radius 3 is 2.75 bits per heavy atom. The van der Waals surface area contributed by atoms with Gasteiger partial charge in [-0.2, -0.15) is 0 Å². The van der Waals surface area contributed by atoms with E-state index in [0.717, 1.165) is 23.7 Å². The van der Waals surface area contributed by atoms with E-state index >= 15 is 0 Å². The van der Waals surface area contributed by atoms with Gasteiger partial charge in [0.05, 0.1) is 5.69 Å². The summed E-state index contributed by atoms with van der Waals surface area (Å²) in [7, 11) is 0. The second-order valence-corrected chi connectivity index (χ2v) is 5.15. The number of hydrogen-bond donors (Lipinski definition) is 2. The predicted molar refractivity (Wildman–Crippen MR) is 65.0 cm³/mol. The fourth-order valence-electron chi connectivity index (χ4n) is 1.40. The first-order valence-electron chi connectivity index (χ1n) is 5.47. The number of carboxylic acid groups (broad SMARTS) is 1. The highest BCUT2D eigenvalue weighted by Gasteiger charge is 2.17. The number of thiazole rings is 1.